The molecule has 4 aliphatic heterocycles. The van der Waals surface area contributed by atoms with E-state index in [1.54, 1.807) is 0 Å². The van der Waals surface area contributed by atoms with Crippen molar-refractivity contribution in [2.24, 2.45) is 21.5 Å². The predicted octanol–water partition coefficient (Wildman–Crippen LogP) is -2.08. The number of halogens is 2. The highest BCUT2D eigenvalue weighted by molar-refractivity contribution is 6.43. The number of nitrogens with one attached hydrogen (secondary N) is 2. The average molecular weight is 525 g/mol. The summed E-state index contributed by atoms with van der Waals surface area (Å²) < 4.78 is 0. The van der Waals surface area contributed by atoms with Crippen LogP contribution in [0.25, 0.3) is 0 Å². The fraction of sp³-hybridized carbons (Fsp3) is 0.450. The number of carbonyl (C=O) groups excluding carboxylic acids is 3. The van der Waals surface area contributed by atoms with E-state index in [0.717, 1.165) is 4.90 Å². The number of nitrogens with zero attached hydrogens (tertiary/aromatic N) is 4. The van der Waals surface area contributed by atoms with Gasteiger partial charge in [0.1, 0.15) is 12.1 Å². The molecule has 0 bridgehead atoms. The molecule has 1 spiro atoms. The van der Waals surface area contributed by atoms with Crippen LogP contribution >= 0.6 is 23.2 Å². The zero-order chi connectivity index (χ0) is 25.3. The number of amides is 3. The van der Waals surface area contributed by atoms with Gasteiger partial charge in [0.15, 0.2) is 17.6 Å². The Morgan fingerprint density at radius 3 is 2.57 bits per heavy atom. The molecule has 0 radical (unpaired) electrons. The Labute approximate surface area is 208 Å². The van der Waals surface area contributed by atoms with Gasteiger partial charge in [-0.25, -0.2) is 9.98 Å². The number of carbonyl (C=O) groups is 3. The minimum atomic E-state index is -2.68. The number of benzene rings is 1. The van der Waals surface area contributed by atoms with Crippen molar-refractivity contribution in [3.63, 3.8) is 0 Å². The minimum Gasteiger partial charge on any atom is -0.370 e. The van der Waals surface area contributed by atoms with Crippen molar-refractivity contribution in [1.82, 2.24) is 20.4 Å². The highest BCUT2D eigenvalue weighted by atomic mass is 35.5. The fourth-order valence-electron chi connectivity index (χ4n) is 5.16. The van der Waals surface area contributed by atoms with Gasteiger partial charge in [0.05, 0.1) is 28.2 Å². The van der Waals surface area contributed by atoms with E-state index in [9.17, 15) is 24.6 Å². The Hall–Kier alpha value is -3.13. The Bertz CT molecular complexity index is 1190. The molecule has 4 heterocycles. The van der Waals surface area contributed by atoms with Crippen molar-refractivity contribution in [1.29, 1.82) is 0 Å². The number of aliphatic hydroxyl groups is 2. The molecule has 5 rings (SSSR count). The number of imide groups is 1. The zero-order valence-electron chi connectivity index (χ0n) is 18.1. The maximum absolute atomic E-state index is 13.0. The standard InChI is InChI=1S/C20H22Cl2N8O5/c21-9-3-1-2-8(14(9)22)16(33)26-11-7-30-18(24)25-10(6-29-12(31)4-5-13(29)32)15-19(30,20(11,34)35)28-17(23)27-15/h1-3,10-11,15,34-35H,4-7H2,(H2,24,25)(H,26,33)(H3,23,27,28)/t10-,11?,15-,19-/m0/s1. The summed E-state index contributed by atoms with van der Waals surface area (Å²) in [5.41, 5.74) is 10.4. The van der Waals surface area contributed by atoms with Crippen molar-refractivity contribution in [3.05, 3.63) is 33.8 Å². The Morgan fingerprint density at radius 2 is 1.89 bits per heavy atom. The van der Waals surface area contributed by atoms with Gasteiger partial charge < -0.3 is 37.2 Å². The molecule has 0 saturated carbocycles. The summed E-state index contributed by atoms with van der Waals surface area (Å²) in [5, 5.41) is 28.4. The number of hydrogen-bond donors (Lipinski definition) is 6. The quantitative estimate of drug-likeness (QED) is 0.189. The number of hydrogen-bond acceptors (Lipinski definition) is 11. The molecule has 35 heavy (non-hydrogen) atoms. The Balaban J connectivity index is 1.48. The molecule has 4 atom stereocenters. The summed E-state index contributed by atoms with van der Waals surface area (Å²) in [7, 11) is 0. The van der Waals surface area contributed by atoms with E-state index in [0.29, 0.717) is 0 Å². The van der Waals surface area contributed by atoms with E-state index >= 15 is 0 Å². The van der Waals surface area contributed by atoms with Crippen molar-refractivity contribution in [2.75, 3.05) is 13.1 Å². The summed E-state index contributed by atoms with van der Waals surface area (Å²) in [5.74, 6) is -4.33. The van der Waals surface area contributed by atoms with Crippen LogP contribution in [-0.2, 0) is 9.59 Å². The maximum atomic E-state index is 13.0. The second-order valence-corrected chi connectivity index (χ2v) is 9.55. The van der Waals surface area contributed by atoms with E-state index < -0.39 is 35.5 Å². The first-order valence-corrected chi connectivity index (χ1v) is 11.5. The molecule has 0 aliphatic carbocycles. The third kappa shape index (κ3) is 3.33. The molecule has 13 nitrogen and oxygen atoms in total. The van der Waals surface area contributed by atoms with Crippen LogP contribution in [0.1, 0.15) is 23.2 Å². The highest BCUT2D eigenvalue weighted by Crippen LogP contribution is 2.45. The molecule has 4 aliphatic rings. The molecule has 1 aromatic rings. The lowest BCUT2D eigenvalue weighted by Crippen LogP contribution is -2.78. The second kappa shape index (κ2) is 7.95. The normalized spacial score (nSPS) is 31.0. The van der Waals surface area contributed by atoms with Gasteiger partial charge in [0.2, 0.25) is 17.6 Å². The third-order valence-corrected chi connectivity index (χ3v) is 7.65. The smallest absolute Gasteiger partial charge is 0.253 e. The van der Waals surface area contributed by atoms with Crippen LogP contribution in [0.2, 0.25) is 10.0 Å². The summed E-state index contributed by atoms with van der Waals surface area (Å²) in [4.78, 5) is 48.4. The van der Waals surface area contributed by atoms with Gasteiger partial charge in [-0.05, 0) is 12.1 Å². The molecular formula is C20H22Cl2N8O5. The monoisotopic (exact) mass is 524 g/mol. The van der Waals surface area contributed by atoms with E-state index in [-0.39, 0.29) is 65.3 Å². The molecule has 2 fully saturated rings. The fourth-order valence-corrected chi connectivity index (χ4v) is 5.55. The average Bonchev–Trinajstić information content (AvgIpc) is 3.38. The van der Waals surface area contributed by atoms with Crippen LogP contribution in [0.15, 0.2) is 28.2 Å². The molecule has 1 aromatic carbocycles. The van der Waals surface area contributed by atoms with E-state index in [2.05, 4.69) is 20.6 Å². The van der Waals surface area contributed by atoms with Crippen LogP contribution in [0.5, 0.6) is 0 Å². The van der Waals surface area contributed by atoms with Gasteiger partial charge in [-0.2, -0.15) is 0 Å². The zero-order valence-corrected chi connectivity index (χ0v) is 19.6. The lowest BCUT2D eigenvalue weighted by atomic mass is 9.84. The lowest BCUT2D eigenvalue weighted by Gasteiger charge is -2.49. The number of likely N-dealkylation sites (tertiary alicyclic amines) is 1. The predicted molar refractivity (Wildman–Crippen MR) is 124 cm³/mol. The van der Waals surface area contributed by atoms with Gasteiger partial charge >= 0.3 is 0 Å². The number of guanidine groups is 2. The summed E-state index contributed by atoms with van der Waals surface area (Å²) in [6, 6.07) is 1.21. The van der Waals surface area contributed by atoms with Crippen LogP contribution in [0.3, 0.4) is 0 Å². The molecule has 15 heteroatoms. The van der Waals surface area contributed by atoms with Crippen LogP contribution in [-0.4, -0.2) is 92.3 Å². The second-order valence-electron chi connectivity index (χ2n) is 8.77. The first-order valence-electron chi connectivity index (χ1n) is 10.7. The SMILES string of the molecule is NC1=N[C@H]2[C@H](CN3C(=O)CCC3=O)N=C(N)N3CC(NC(=O)c4cccc(Cl)c4Cl)C(O)(O)[C@]23N1. The molecule has 0 aromatic heterocycles. The van der Waals surface area contributed by atoms with E-state index in [4.69, 9.17) is 34.7 Å². The molecule has 186 valence electrons. The van der Waals surface area contributed by atoms with E-state index in [1.807, 2.05) is 0 Å². The van der Waals surface area contributed by atoms with Gasteiger partial charge in [0, 0.05) is 19.4 Å². The van der Waals surface area contributed by atoms with Gasteiger partial charge in [-0.3, -0.25) is 19.3 Å². The van der Waals surface area contributed by atoms with Crippen molar-refractivity contribution < 1.29 is 24.6 Å². The molecule has 1 unspecified atom stereocenters. The molecule has 2 saturated heterocycles. The largest absolute Gasteiger partial charge is 0.370 e. The third-order valence-electron chi connectivity index (χ3n) is 6.83. The van der Waals surface area contributed by atoms with E-state index in [1.165, 1.54) is 23.1 Å². The van der Waals surface area contributed by atoms with Crippen molar-refractivity contribution >= 4 is 52.8 Å². The van der Waals surface area contributed by atoms with Crippen molar-refractivity contribution in [2.45, 2.75) is 42.4 Å². The number of aliphatic imine (C=N–C) groups is 2. The summed E-state index contributed by atoms with van der Waals surface area (Å²) >= 11 is 12.1. The first kappa shape index (κ1) is 23.6. The molecule has 3 amide bonds. The van der Waals surface area contributed by atoms with Gasteiger partial charge in [-0.15, -0.1) is 0 Å². The number of nitrogens with two attached hydrogens (primary N) is 2. The number of rotatable bonds is 4. The van der Waals surface area contributed by atoms with Gasteiger partial charge in [0.25, 0.3) is 5.91 Å². The van der Waals surface area contributed by atoms with Crippen molar-refractivity contribution in [3.8, 4) is 0 Å². The topological polar surface area (TPSA) is 199 Å². The van der Waals surface area contributed by atoms with Crippen LogP contribution in [0, 0.1) is 0 Å². The molecular weight excluding hydrogens is 503 g/mol. The first-order chi connectivity index (χ1) is 16.5. The summed E-state index contributed by atoms with van der Waals surface area (Å²) in [6.07, 6.45) is 0.168. The molecule has 8 N–H and O–H groups in total. The van der Waals surface area contributed by atoms with Crippen LogP contribution in [0.4, 0.5) is 0 Å². The highest BCUT2D eigenvalue weighted by Gasteiger charge is 2.73. The Kier molecular flexibility index (Phi) is 5.36. The summed E-state index contributed by atoms with van der Waals surface area (Å²) in [6.45, 7) is -0.338. The Morgan fingerprint density at radius 1 is 1.20 bits per heavy atom. The maximum Gasteiger partial charge on any atom is 0.253 e. The minimum absolute atomic E-state index is 0.00700. The lowest BCUT2D eigenvalue weighted by molar-refractivity contribution is -0.230. The van der Waals surface area contributed by atoms with Crippen LogP contribution < -0.4 is 22.1 Å². The van der Waals surface area contributed by atoms with Gasteiger partial charge in [-0.1, -0.05) is 29.3 Å².